The van der Waals surface area contributed by atoms with Crippen LogP contribution in [-0.4, -0.2) is 18.1 Å². The van der Waals surface area contributed by atoms with Crippen LogP contribution in [-0.2, 0) is 0 Å². The first-order chi connectivity index (χ1) is 8.66. The van der Waals surface area contributed by atoms with Gasteiger partial charge in [-0.2, -0.15) is 0 Å². The Morgan fingerprint density at radius 1 is 0.947 bits per heavy atom. The van der Waals surface area contributed by atoms with Gasteiger partial charge in [-0.05, 0) is 16.9 Å². The summed E-state index contributed by atoms with van der Waals surface area (Å²) in [7, 11) is 0. The third-order valence-corrected chi connectivity index (χ3v) is 2.87. The maximum Gasteiger partial charge on any atom is 0.208 e. The summed E-state index contributed by atoms with van der Waals surface area (Å²) < 4.78 is 0. The lowest BCUT2D eigenvalue weighted by Crippen LogP contribution is -2.35. The topological polar surface area (TPSA) is 19.4 Å². The van der Waals surface area contributed by atoms with Gasteiger partial charge >= 0.3 is 0 Å². The Morgan fingerprint density at radius 2 is 1.47 bits per heavy atom. The lowest BCUT2D eigenvalue weighted by molar-refractivity contribution is 0.406. The first-order valence-electron chi connectivity index (χ1n) is 6.91. The highest BCUT2D eigenvalue weighted by Crippen LogP contribution is 2.40. The van der Waals surface area contributed by atoms with Crippen molar-refractivity contribution in [2.75, 3.05) is 22.9 Å². The summed E-state index contributed by atoms with van der Waals surface area (Å²) in [5.74, 6) is 0. The quantitative estimate of drug-likeness (QED) is 0.805. The third kappa shape index (κ3) is 3.62. The maximum absolute atomic E-state index is 4.26. The molecule has 0 amide bonds. The van der Waals surface area contributed by atoms with Crippen molar-refractivity contribution in [2.45, 2.75) is 41.5 Å². The molecule has 104 valence electrons. The average Bonchev–Trinajstić information content (AvgIpc) is 2.53. The van der Waals surface area contributed by atoms with Gasteiger partial charge in [0, 0.05) is 19.3 Å². The molecule has 1 aliphatic heterocycles. The molecule has 0 saturated carbocycles. The Kier molecular flexibility index (Phi) is 3.50. The van der Waals surface area contributed by atoms with Crippen LogP contribution in [0.3, 0.4) is 0 Å². The summed E-state index contributed by atoms with van der Waals surface area (Å²) in [4.78, 5) is 8.69. The predicted molar refractivity (Wildman–Crippen MR) is 81.1 cm³/mol. The molecular formula is C16H25N3. The highest BCUT2D eigenvalue weighted by Gasteiger charge is 2.32. The highest BCUT2D eigenvalue weighted by atomic mass is 15.4. The summed E-state index contributed by atoms with van der Waals surface area (Å²) >= 11 is 0. The molecule has 0 N–H and O–H groups in total. The highest BCUT2D eigenvalue weighted by molar-refractivity contribution is 5.77. The van der Waals surface area contributed by atoms with E-state index >= 15 is 0 Å². The first kappa shape index (κ1) is 14.2. The Labute approximate surface area is 117 Å². The molecule has 1 aromatic rings. The number of fused-ring (bicyclic) bond motifs is 1. The zero-order valence-corrected chi connectivity index (χ0v) is 13.0. The van der Waals surface area contributed by atoms with E-state index in [1.54, 1.807) is 0 Å². The van der Waals surface area contributed by atoms with Crippen molar-refractivity contribution in [2.24, 2.45) is 10.8 Å². The number of hydrogen-bond donors (Lipinski definition) is 0. The van der Waals surface area contributed by atoms with Gasteiger partial charge in [0.05, 0.1) is 17.6 Å². The summed E-state index contributed by atoms with van der Waals surface area (Å²) in [6.45, 7) is 18.9. The molecule has 0 bridgehead atoms. The Hall–Kier alpha value is -1.25. The molecule has 3 heteroatoms. The second-order valence-electron chi connectivity index (χ2n) is 7.76. The van der Waals surface area contributed by atoms with E-state index in [-0.39, 0.29) is 10.8 Å². The molecular weight excluding hydrogens is 234 g/mol. The summed E-state index contributed by atoms with van der Waals surface area (Å²) in [5, 5.41) is 0. The van der Waals surface area contributed by atoms with E-state index in [2.05, 4.69) is 69.1 Å². The minimum Gasteiger partial charge on any atom is -0.339 e. The fourth-order valence-corrected chi connectivity index (χ4v) is 2.26. The van der Waals surface area contributed by atoms with Crippen LogP contribution in [0.25, 0.3) is 0 Å². The molecule has 19 heavy (non-hydrogen) atoms. The van der Waals surface area contributed by atoms with Gasteiger partial charge in [0.2, 0.25) is 6.67 Å². The molecule has 1 aromatic heterocycles. The van der Waals surface area contributed by atoms with Crippen molar-refractivity contribution in [3.05, 3.63) is 25.1 Å². The number of hydrogen-bond acceptors (Lipinski definition) is 3. The van der Waals surface area contributed by atoms with E-state index in [0.717, 1.165) is 13.1 Å². The second kappa shape index (κ2) is 4.69. The number of pyridine rings is 1. The van der Waals surface area contributed by atoms with E-state index in [1.807, 2.05) is 12.4 Å². The lowest BCUT2D eigenvalue weighted by atomic mass is 9.96. The summed E-state index contributed by atoms with van der Waals surface area (Å²) in [6.07, 6.45) is 3.80. The molecule has 1 aliphatic rings. The fraction of sp³-hybridized carbons (Fsp3) is 0.625. The first-order valence-corrected chi connectivity index (χ1v) is 6.91. The minimum absolute atomic E-state index is 0.234. The maximum atomic E-state index is 4.26. The van der Waals surface area contributed by atoms with Crippen LogP contribution in [0.2, 0.25) is 0 Å². The molecule has 3 nitrogen and oxygen atoms in total. The van der Waals surface area contributed by atoms with Gasteiger partial charge in [-0.25, -0.2) is 0 Å². The molecule has 2 radical (unpaired) electrons. The molecule has 0 saturated heterocycles. The predicted octanol–water partition coefficient (Wildman–Crippen LogP) is 3.80. The SMILES string of the molecule is CC(C)(C)CN1[C]N(CC(C)(C)C)c2cnccc21. The minimum atomic E-state index is 0.234. The molecule has 2 rings (SSSR count). The average molecular weight is 259 g/mol. The lowest BCUT2D eigenvalue weighted by Gasteiger charge is -2.29. The normalized spacial score (nSPS) is 15.9. The number of anilines is 2. The van der Waals surface area contributed by atoms with Crippen molar-refractivity contribution in [1.82, 2.24) is 4.98 Å². The standard InChI is InChI=1S/C16H25N3/c1-15(2,3)10-18-12-19(11-16(4,5)6)14-9-17-8-7-13(14)18/h7-9H,10-11H2,1-6H3. The number of aromatic nitrogens is 1. The van der Waals surface area contributed by atoms with E-state index in [0.29, 0.717) is 0 Å². The number of nitrogens with zero attached hydrogens (tertiary/aromatic N) is 3. The Bertz CT molecular complexity index is 399. The largest absolute Gasteiger partial charge is 0.339 e. The van der Waals surface area contributed by atoms with E-state index in [1.165, 1.54) is 11.4 Å². The van der Waals surface area contributed by atoms with Gasteiger partial charge in [-0.3, -0.25) is 4.98 Å². The second-order valence-corrected chi connectivity index (χ2v) is 7.76. The molecule has 0 unspecified atom stereocenters. The van der Waals surface area contributed by atoms with Crippen molar-refractivity contribution in [3.63, 3.8) is 0 Å². The van der Waals surface area contributed by atoms with Gasteiger partial charge in [0.15, 0.2) is 0 Å². The van der Waals surface area contributed by atoms with Crippen LogP contribution in [0.1, 0.15) is 41.5 Å². The zero-order valence-electron chi connectivity index (χ0n) is 13.0. The monoisotopic (exact) mass is 259 g/mol. The Balaban J connectivity index is 2.23. The summed E-state index contributed by atoms with van der Waals surface area (Å²) in [5.41, 5.74) is 2.86. The van der Waals surface area contributed by atoms with Gasteiger partial charge in [-0.15, -0.1) is 0 Å². The van der Waals surface area contributed by atoms with Crippen LogP contribution in [0.4, 0.5) is 11.4 Å². The molecule has 2 heterocycles. The molecule has 0 aromatic carbocycles. The van der Waals surface area contributed by atoms with E-state index in [9.17, 15) is 0 Å². The van der Waals surface area contributed by atoms with E-state index < -0.39 is 0 Å². The van der Waals surface area contributed by atoms with Crippen molar-refractivity contribution >= 4 is 11.4 Å². The van der Waals surface area contributed by atoms with Crippen molar-refractivity contribution < 1.29 is 0 Å². The van der Waals surface area contributed by atoms with Gasteiger partial charge in [-0.1, -0.05) is 41.5 Å². The van der Waals surface area contributed by atoms with Crippen LogP contribution < -0.4 is 9.80 Å². The van der Waals surface area contributed by atoms with Gasteiger partial charge in [0.1, 0.15) is 0 Å². The Morgan fingerprint density at radius 3 is 2.00 bits per heavy atom. The smallest absolute Gasteiger partial charge is 0.208 e. The van der Waals surface area contributed by atoms with Crippen LogP contribution in [0.15, 0.2) is 18.5 Å². The summed E-state index contributed by atoms with van der Waals surface area (Å²) in [6, 6.07) is 2.08. The molecule has 0 spiro atoms. The van der Waals surface area contributed by atoms with Crippen LogP contribution >= 0.6 is 0 Å². The van der Waals surface area contributed by atoms with E-state index in [4.69, 9.17) is 0 Å². The number of rotatable bonds is 2. The fourth-order valence-electron chi connectivity index (χ4n) is 2.26. The van der Waals surface area contributed by atoms with Gasteiger partial charge < -0.3 is 9.80 Å². The molecule has 0 aliphatic carbocycles. The van der Waals surface area contributed by atoms with Crippen LogP contribution in [0.5, 0.6) is 0 Å². The van der Waals surface area contributed by atoms with Crippen molar-refractivity contribution in [1.29, 1.82) is 0 Å². The third-order valence-electron chi connectivity index (χ3n) is 2.87. The zero-order chi connectivity index (χ0) is 14.3. The molecule has 0 fully saturated rings. The molecule has 0 atom stereocenters. The van der Waals surface area contributed by atoms with Crippen molar-refractivity contribution in [3.8, 4) is 0 Å². The van der Waals surface area contributed by atoms with Gasteiger partial charge in [0.25, 0.3) is 0 Å². The van der Waals surface area contributed by atoms with Crippen LogP contribution in [0, 0.1) is 17.5 Å².